The number of hydrogen-bond donors (Lipinski definition) is 1. The third-order valence-corrected chi connectivity index (χ3v) is 3.22. The summed E-state index contributed by atoms with van der Waals surface area (Å²) >= 11 is 0. The molecule has 1 unspecified atom stereocenters. The lowest BCUT2D eigenvalue weighted by Crippen LogP contribution is -2.18. The number of rotatable bonds is 6. The van der Waals surface area contributed by atoms with Crippen molar-refractivity contribution in [1.82, 2.24) is 10.3 Å². The second kappa shape index (κ2) is 6.91. The Morgan fingerprint density at radius 1 is 1.10 bits per heavy atom. The van der Waals surface area contributed by atoms with Crippen LogP contribution in [0.2, 0.25) is 0 Å². The third-order valence-electron chi connectivity index (χ3n) is 3.22. The smallest absolute Gasteiger partial charge is 0.161 e. The zero-order valence-electron chi connectivity index (χ0n) is 12.1. The van der Waals surface area contributed by atoms with Gasteiger partial charge in [-0.2, -0.15) is 0 Å². The Morgan fingerprint density at radius 3 is 2.55 bits per heavy atom. The van der Waals surface area contributed by atoms with Gasteiger partial charge in [0.1, 0.15) is 0 Å². The van der Waals surface area contributed by atoms with Crippen molar-refractivity contribution in [2.75, 3.05) is 14.2 Å². The summed E-state index contributed by atoms with van der Waals surface area (Å²) in [5.41, 5.74) is 2.18. The fourth-order valence-electron chi connectivity index (χ4n) is 2.00. The van der Waals surface area contributed by atoms with Crippen LogP contribution in [0, 0.1) is 0 Å². The molecule has 20 heavy (non-hydrogen) atoms. The molecule has 0 radical (unpaired) electrons. The third kappa shape index (κ3) is 3.48. The highest BCUT2D eigenvalue weighted by Gasteiger charge is 2.10. The van der Waals surface area contributed by atoms with E-state index in [0.29, 0.717) is 0 Å². The summed E-state index contributed by atoms with van der Waals surface area (Å²) in [5, 5.41) is 3.45. The van der Waals surface area contributed by atoms with Gasteiger partial charge in [0.2, 0.25) is 0 Å². The summed E-state index contributed by atoms with van der Waals surface area (Å²) < 4.78 is 10.6. The molecule has 0 spiro atoms. The van der Waals surface area contributed by atoms with Crippen LogP contribution in [0.1, 0.15) is 24.2 Å². The Morgan fingerprint density at radius 2 is 1.90 bits per heavy atom. The molecular weight excluding hydrogens is 252 g/mol. The van der Waals surface area contributed by atoms with Gasteiger partial charge in [0, 0.05) is 18.8 Å². The van der Waals surface area contributed by atoms with Crippen molar-refractivity contribution in [2.24, 2.45) is 0 Å². The molecule has 0 amide bonds. The highest BCUT2D eigenvalue weighted by molar-refractivity contribution is 5.43. The van der Waals surface area contributed by atoms with Gasteiger partial charge in [0.05, 0.1) is 19.9 Å². The molecular formula is C16H20N2O2. The molecule has 0 aliphatic heterocycles. The molecule has 0 saturated carbocycles. The lowest BCUT2D eigenvalue weighted by molar-refractivity contribution is 0.354. The van der Waals surface area contributed by atoms with Gasteiger partial charge in [-0.3, -0.25) is 4.98 Å². The van der Waals surface area contributed by atoms with Crippen molar-refractivity contribution in [3.05, 3.63) is 53.9 Å². The maximum Gasteiger partial charge on any atom is 0.161 e. The minimum absolute atomic E-state index is 0.205. The van der Waals surface area contributed by atoms with Gasteiger partial charge in [-0.1, -0.05) is 12.1 Å². The standard InChI is InChI=1S/C16H20N2O2/c1-12(18-11-14-6-4-5-9-17-14)13-7-8-15(19-2)16(10-13)20-3/h4-10,12,18H,11H2,1-3H3. The van der Waals surface area contributed by atoms with Crippen LogP contribution in [0.4, 0.5) is 0 Å². The van der Waals surface area contributed by atoms with E-state index in [1.807, 2.05) is 36.4 Å². The molecule has 4 heteroatoms. The quantitative estimate of drug-likeness (QED) is 0.878. The van der Waals surface area contributed by atoms with Crippen LogP contribution in [0.3, 0.4) is 0 Å². The zero-order chi connectivity index (χ0) is 14.4. The van der Waals surface area contributed by atoms with Crippen LogP contribution in [0.25, 0.3) is 0 Å². The summed E-state index contributed by atoms with van der Waals surface area (Å²) in [6.45, 7) is 2.85. The van der Waals surface area contributed by atoms with Crippen LogP contribution < -0.4 is 14.8 Å². The number of nitrogens with one attached hydrogen (secondary N) is 1. The highest BCUT2D eigenvalue weighted by atomic mass is 16.5. The minimum Gasteiger partial charge on any atom is -0.493 e. The predicted octanol–water partition coefficient (Wildman–Crippen LogP) is 2.95. The number of methoxy groups -OCH3 is 2. The van der Waals surface area contributed by atoms with Crippen molar-refractivity contribution in [1.29, 1.82) is 0 Å². The van der Waals surface area contributed by atoms with Crippen molar-refractivity contribution in [3.8, 4) is 11.5 Å². The number of hydrogen-bond acceptors (Lipinski definition) is 4. The number of pyridine rings is 1. The van der Waals surface area contributed by atoms with E-state index in [1.54, 1.807) is 20.4 Å². The summed E-state index contributed by atoms with van der Waals surface area (Å²) in [6, 6.07) is 12.1. The van der Waals surface area contributed by atoms with Gasteiger partial charge < -0.3 is 14.8 Å². The first kappa shape index (κ1) is 14.3. The molecule has 2 rings (SSSR count). The summed E-state index contributed by atoms with van der Waals surface area (Å²) in [5.74, 6) is 1.49. The SMILES string of the molecule is COc1ccc(C(C)NCc2ccccn2)cc1OC. The van der Waals surface area contributed by atoms with E-state index in [4.69, 9.17) is 9.47 Å². The molecule has 1 atom stereocenters. The first-order valence-corrected chi connectivity index (χ1v) is 6.60. The lowest BCUT2D eigenvalue weighted by Gasteiger charge is -2.16. The second-order valence-corrected chi connectivity index (χ2v) is 4.54. The van der Waals surface area contributed by atoms with Crippen molar-refractivity contribution < 1.29 is 9.47 Å². The van der Waals surface area contributed by atoms with Gasteiger partial charge in [0.15, 0.2) is 11.5 Å². The number of benzene rings is 1. The summed E-state index contributed by atoms with van der Waals surface area (Å²) in [4.78, 5) is 4.30. The number of ether oxygens (including phenoxy) is 2. The summed E-state index contributed by atoms with van der Waals surface area (Å²) in [6.07, 6.45) is 1.80. The maximum atomic E-state index is 5.32. The fraction of sp³-hybridized carbons (Fsp3) is 0.312. The Bertz CT molecular complexity index is 543. The first-order chi connectivity index (χ1) is 9.74. The molecule has 2 aromatic rings. The summed E-state index contributed by atoms with van der Waals surface area (Å²) in [7, 11) is 3.29. The molecule has 0 saturated heterocycles. The van der Waals surface area contributed by atoms with Crippen LogP contribution >= 0.6 is 0 Å². The van der Waals surface area contributed by atoms with Gasteiger partial charge >= 0.3 is 0 Å². The molecule has 1 aromatic carbocycles. The topological polar surface area (TPSA) is 43.4 Å². The molecule has 106 valence electrons. The maximum absolute atomic E-state index is 5.32. The second-order valence-electron chi connectivity index (χ2n) is 4.54. The zero-order valence-corrected chi connectivity index (χ0v) is 12.1. The average molecular weight is 272 g/mol. The molecule has 0 aliphatic carbocycles. The normalized spacial score (nSPS) is 11.9. The predicted molar refractivity (Wildman–Crippen MR) is 79.0 cm³/mol. The molecule has 0 bridgehead atoms. The van der Waals surface area contributed by atoms with Gasteiger partial charge in [-0.15, -0.1) is 0 Å². The highest BCUT2D eigenvalue weighted by Crippen LogP contribution is 2.29. The first-order valence-electron chi connectivity index (χ1n) is 6.60. The number of aromatic nitrogens is 1. The Labute approximate surface area is 119 Å². The van der Waals surface area contributed by atoms with Crippen LogP contribution in [-0.2, 0) is 6.54 Å². The van der Waals surface area contributed by atoms with E-state index in [2.05, 4.69) is 17.2 Å². The lowest BCUT2D eigenvalue weighted by atomic mass is 10.1. The molecule has 1 N–H and O–H groups in total. The Hall–Kier alpha value is -2.07. The molecule has 1 heterocycles. The van der Waals surface area contributed by atoms with Crippen LogP contribution in [-0.4, -0.2) is 19.2 Å². The van der Waals surface area contributed by atoms with Gasteiger partial charge in [-0.05, 0) is 36.8 Å². The molecule has 4 nitrogen and oxygen atoms in total. The van der Waals surface area contributed by atoms with E-state index < -0.39 is 0 Å². The number of nitrogens with zero attached hydrogens (tertiary/aromatic N) is 1. The molecule has 0 fully saturated rings. The molecule has 0 aliphatic rings. The van der Waals surface area contributed by atoms with E-state index in [-0.39, 0.29) is 6.04 Å². The van der Waals surface area contributed by atoms with Crippen molar-refractivity contribution in [3.63, 3.8) is 0 Å². The molecule has 1 aromatic heterocycles. The monoisotopic (exact) mass is 272 g/mol. The van der Waals surface area contributed by atoms with Crippen molar-refractivity contribution in [2.45, 2.75) is 19.5 Å². The van der Waals surface area contributed by atoms with E-state index in [1.165, 1.54) is 0 Å². The van der Waals surface area contributed by atoms with Crippen LogP contribution in [0.5, 0.6) is 11.5 Å². The van der Waals surface area contributed by atoms with E-state index in [0.717, 1.165) is 29.3 Å². The van der Waals surface area contributed by atoms with Gasteiger partial charge in [-0.25, -0.2) is 0 Å². The fourth-order valence-corrected chi connectivity index (χ4v) is 2.00. The van der Waals surface area contributed by atoms with Crippen molar-refractivity contribution >= 4 is 0 Å². The van der Waals surface area contributed by atoms with Crippen LogP contribution in [0.15, 0.2) is 42.6 Å². The minimum atomic E-state index is 0.205. The average Bonchev–Trinajstić information content (AvgIpc) is 2.52. The van der Waals surface area contributed by atoms with E-state index in [9.17, 15) is 0 Å². The Kier molecular flexibility index (Phi) is 4.96. The Balaban J connectivity index is 2.03. The largest absolute Gasteiger partial charge is 0.493 e. The van der Waals surface area contributed by atoms with Gasteiger partial charge in [0.25, 0.3) is 0 Å². The van der Waals surface area contributed by atoms with E-state index >= 15 is 0 Å².